The molecule has 4 heteroatoms. The Bertz CT molecular complexity index is 556. The number of nitrogens with zero attached hydrogens (tertiary/aromatic N) is 3. The van der Waals surface area contributed by atoms with Gasteiger partial charge in [-0.3, -0.25) is 0 Å². The molecule has 0 aliphatic carbocycles. The minimum atomic E-state index is 0.788. The highest BCUT2D eigenvalue weighted by Crippen LogP contribution is 2.16. The SMILES string of the molecule is Cc1ccnn1-c1ccc(OCCCN2CCCC2)cc1. The predicted molar refractivity (Wildman–Crippen MR) is 84.1 cm³/mol. The Hall–Kier alpha value is -1.81. The highest BCUT2D eigenvalue weighted by molar-refractivity contribution is 5.37. The van der Waals surface area contributed by atoms with Crippen molar-refractivity contribution in [1.82, 2.24) is 14.7 Å². The first kappa shape index (κ1) is 14.1. The van der Waals surface area contributed by atoms with Crippen LogP contribution in [0.5, 0.6) is 5.75 Å². The molecule has 2 heterocycles. The molecule has 0 saturated carbocycles. The Morgan fingerprint density at radius 3 is 2.52 bits per heavy atom. The zero-order valence-corrected chi connectivity index (χ0v) is 12.7. The quantitative estimate of drug-likeness (QED) is 0.764. The molecule has 1 aromatic heterocycles. The van der Waals surface area contributed by atoms with Crippen LogP contribution in [0, 0.1) is 6.92 Å². The molecule has 0 atom stereocenters. The van der Waals surface area contributed by atoms with Gasteiger partial charge in [-0.15, -0.1) is 0 Å². The van der Waals surface area contributed by atoms with Crippen LogP contribution in [0.1, 0.15) is 25.0 Å². The summed E-state index contributed by atoms with van der Waals surface area (Å²) in [5, 5.41) is 4.31. The lowest BCUT2D eigenvalue weighted by molar-refractivity contribution is 0.263. The Balaban J connectivity index is 1.47. The number of benzene rings is 1. The smallest absolute Gasteiger partial charge is 0.119 e. The molecule has 1 aromatic carbocycles. The summed E-state index contributed by atoms with van der Waals surface area (Å²) in [6.07, 6.45) is 5.63. The minimum Gasteiger partial charge on any atom is -0.494 e. The second-order valence-corrected chi connectivity index (χ2v) is 5.63. The van der Waals surface area contributed by atoms with Crippen molar-refractivity contribution in [1.29, 1.82) is 0 Å². The summed E-state index contributed by atoms with van der Waals surface area (Å²) < 4.78 is 7.74. The van der Waals surface area contributed by atoms with Crippen molar-refractivity contribution < 1.29 is 4.74 Å². The largest absolute Gasteiger partial charge is 0.494 e. The number of ether oxygens (including phenoxy) is 1. The van der Waals surface area contributed by atoms with E-state index in [0.29, 0.717) is 0 Å². The summed E-state index contributed by atoms with van der Waals surface area (Å²) in [5.74, 6) is 0.935. The zero-order chi connectivity index (χ0) is 14.5. The van der Waals surface area contributed by atoms with Crippen LogP contribution in [0.4, 0.5) is 0 Å². The zero-order valence-electron chi connectivity index (χ0n) is 12.7. The molecular weight excluding hydrogens is 262 g/mol. The van der Waals surface area contributed by atoms with Crippen molar-refractivity contribution in [3.05, 3.63) is 42.2 Å². The highest BCUT2D eigenvalue weighted by Gasteiger charge is 2.10. The molecule has 1 saturated heterocycles. The van der Waals surface area contributed by atoms with Crippen LogP contribution >= 0.6 is 0 Å². The lowest BCUT2D eigenvalue weighted by Gasteiger charge is -2.14. The van der Waals surface area contributed by atoms with E-state index in [4.69, 9.17) is 4.74 Å². The van der Waals surface area contributed by atoms with Crippen molar-refractivity contribution in [2.24, 2.45) is 0 Å². The van der Waals surface area contributed by atoms with Crippen molar-refractivity contribution in [2.45, 2.75) is 26.2 Å². The van der Waals surface area contributed by atoms with Crippen molar-refractivity contribution in [3.63, 3.8) is 0 Å². The van der Waals surface area contributed by atoms with Crippen LogP contribution in [0.25, 0.3) is 5.69 Å². The van der Waals surface area contributed by atoms with Gasteiger partial charge >= 0.3 is 0 Å². The first-order chi connectivity index (χ1) is 10.3. The molecule has 0 spiro atoms. The maximum atomic E-state index is 5.81. The van der Waals surface area contributed by atoms with Gasteiger partial charge < -0.3 is 9.64 Å². The van der Waals surface area contributed by atoms with Gasteiger partial charge in [-0.1, -0.05) is 0 Å². The van der Waals surface area contributed by atoms with E-state index >= 15 is 0 Å². The van der Waals surface area contributed by atoms with Gasteiger partial charge in [0.25, 0.3) is 0 Å². The Labute approximate surface area is 126 Å². The minimum absolute atomic E-state index is 0.788. The van der Waals surface area contributed by atoms with Gasteiger partial charge in [-0.05, 0) is 69.6 Å². The van der Waals surface area contributed by atoms with Crippen molar-refractivity contribution in [2.75, 3.05) is 26.2 Å². The highest BCUT2D eigenvalue weighted by atomic mass is 16.5. The summed E-state index contributed by atoms with van der Waals surface area (Å²) in [4.78, 5) is 2.52. The molecule has 1 aliphatic heterocycles. The standard InChI is InChI=1S/C17H23N3O/c1-15-9-10-18-20(15)16-5-7-17(8-6-16)21-14-4-13-19-11-2-3-12-19/h5-10H,2-4,11-14H2,1H3. The number of rotatable bonds is 6. The van der Waals surface area contributed by atoms with Gasteiger partial charge in [0.1, 0.15) is 5.75 Å². The maximum absolute atomic E-state index is 5.81. The molecule has 112 valence electrons. The molecule has 0 amide bonds. The molecule has 1 fully saturated rings. The topological polar surface area (TPSA) is 30.3 Å². The molecule has 2 aromatic rings. The van der Waals surface area contributed by atoms with Gasteiger partial charge in [0, 0.05) is 18.4 Å². The van der Waals surface area contributed by atoms with E-state index in [1.165, 1.54) is 25.9 Å². The fraction of sp³-hybridized carbons (Fsp3) is 0.471. The van der Waals surface area contributed by atoms with Crippen LogP contribution in [-0.2, 0) is 0 Å². The summed E-state index contributed by atoms with van der Waals surface area (Å²) in [5.41, 5.74) is 2.20. The molecule has 3 rings (SSSR count). The number of aromatic nitrogens is 2. The summed E-state index contributed by atoms with van der Waals surface area (Å²) in [7, 11) is 0. The Kier molecular flexibility index (Phi) is 4.55. The van der Waals surface area contributed by atoms with E-state index in [0.717, 1.165) is 36.7 Å². The van der Waals surface area contributed by atoms with Gasteiger partial charge in [0.2, 0.25) is 0 Å². The van der Waals surface area contributed by atoms with Crippen LogP contribution in [0.2, 0.25) is 0 Å². The van der Waals surface area contributed by atoms with Gasteiger partial charge in [0.05, 0.1) is 12.3 Å². The van der Waals surface area contributed by atoms with Crippen LogP contribution in [0.3, 0.4) is 0 Å². The fourth-order valence-electron chi connectivity index (χ4n) is 2.81. The second kappa shape index (κ2) is 6.76. The van der Waals surface area contributed by atoms with E-state index in [9.17, 15) is 0 Å². The third-order valence-electron chi connectivity index (χ3n) is 4.00. The van der Waals surface area contributed by atoms with E-state index < -0.39 is 0 Å². The lowest BCUT2D eigenvalue weighted by atomic mass is 10.3. The molecule has 1 aliphatic rings. The average Bonchev–Trinajstić information content (AvgIpc) is 3.16. The Morgan fingerprint density at radius 2 is 1.86 bits per heavy atom. The second-order valence-electron chi connectivity index (χ2n) is 5.63. The third-order valence-corrected chi connectivity index (χ3v) is 4.00. The first-order valence-electron chi connectivity index (χ1n) is 7.79. The molecular formula is C17H23N3O. The van der Waals surface area contributed by atoms with Gasteiger partial charge in [0.15, 0.2) is 0 Å². The predicted octanol–water partition coefficient (Wildman–Crippen LogP) is 3.05. The number of aryl methyl sites for hydroxylation is 1. The van der Waals surface area contributed by atoms with Crippen LogP contribution < -0.4 is 4.74 Å². The first-order valence-corrected chi connectivity index (χ1v) is 7.79. The lowest BCUT2D eigenvalue weighted by Crippen LogP contribution is -2.21. The molecule has 0 bridgehead atoms. The maximum Gasteiger partial charge on any atom is 0.119 e. The number of hydrogen-bond acceptors (Lipinski definition) is 3. The fourth-order valence-corrected chi connectivity index (χ4v) is 2.81. The summed E-state index contributed by atoms with van der Waals surface area (Å²) in [6.45, 7) is 6.52. The summed E-state index contributed by atoms with van der Waals surface area (Å²) in [6, 6.07) is 10.1. The summed E-state index contributed by atoms with van der Waals surface area (Å²) >= 11 is 0. The van der Waals surface area contributed by atoms with Gasteiger partial charge in [-0.25, -0.2) is 4.68 Å². The van der Waals surface area contributed by atoms with E-state index in [-0.39, 0.29) is 0 Å². The van der Waals surface area contributed by atoms with Crippen LogP contribution in [0.15, 0.2) is 36.5 Å². The number of likely N-dealkylation sites (tertiary alicyclic amines) is 1. The monoisotopic (exact) mass is 285 g/mol. The molecule has 0 N–H and O–H groups in total. The van der Waals surface area contributed by atoms with Crippen LogP contribution in [-0.4, -0.2) is 40.9 Å². The molecule has 0 radical (unpaired) electrons. The molecule has 21 heavy (non-hydrogen) atoms. The van der Waals surface area contributed by atoms with E-state index in [2.05, 4.69) is 29.1 Å². The van der Waals surface area contributed by atoms with Gasteiger partial charge in [-0.2, -0.15) is 5.10 Å². The Morgan fingerprint density at radius 1 is 1.10 bits per heavy atom. The molecule has 4 nitrogen and oxygen atoms in total. The number of hydrogen-bond donors (Lipinski definition) is 0. The third kappa shape index (κ3) is 3.64. The van der Waals surface area contributed by atoms with Crippen molar-refractivity contribution >= 4 is 0 Å². The molecule has 0 unspecified atom stereocenters. The average molecular weight is 285 g/mol. The van der Waals surface area contributed by atoms with Crippen molar-refractivity contribution in [3.8, 4) is 11.4 Å². The normalized spacial score (nSPS) is 15.5. The van der Waals surface area contributed by atoms with E-state index in [1.54, 1.807) is 0 Å². The van der Waals surface area contributed by atoms with E-state index in [1.807, 2.05) is 29.1 Å².